The molecule has 1 aromatic heterocycles. The number of nitrogens with zero attached hydrogens (tertiary/aromatic N) is 1. The first kappa shape index (κ1) is 14.8. The molecule has 0 aliphatic carbocycles. The second-order valence-corrected chi connectivity index (χ2v) is 5.36. The van der Waals surface area contributed by atoms with Crippen LogP contribution in [0.4, 0.5) is 0 Å². The van der Waals surface area contributed by atoms with Gasteiger partial charge in [-0.25, -0.2) is 0 Å². The van der Waals surface area contributed by atoms with Gasteiger partial charge in [-0.1, -0.05) is 35.5 Å². The first-order chi connectivity index (χ1) is 9.68. The summed E-state index contributed by atoms with van der Waals surface area (Å²) < 4.78 is 5.21. The van der Waals surface area contributed by atoms with Crippen LogP contribution in [0, 0.1) is 13.8 Å². The Hall–Kier alpha value is -1.61. The molecule has 0 saturated carbocycles. The smallest absolute Gasteiger partial charge is 0.138 e. The summed E-state index contributed by atoms with van der Waals surface area (Å²) in [5, 5.41) is 7.56. The summed E-state index contributed by atoms with van der Waals surface area (Å²) >= 11 is 0. The van der Waals surface area contributed by atoms with Gasteiger partial charge < -0.3 is 9.84 Å². The van der Waals surface area contributed by atoms with E-state index in [1.54, 1.807) is 0 Å². The van der Waals surface area contributed by atoms with Gasteiger partial charge in [-0.2, -0.15) is 0 Å². The first-order valence-corrected chi connectivity index (χ1v) is 7.38. The Morgan fingerprint density at radius 3 is 2.55 bits per heavy atom. The number of benzene rings is 1. The van der Waals surface area contributed by atoms with Crippen LogP contribution in [0.5, 0.6) is 0 Å². The Morgan fingerprint density at radius 2 is 1.90 bits per heavy atom. The van der Waals surface area contributed by atoms with Crippen LogP contribution in [0.1, 0.15) is 48.4 Å². The SMILES string of the molecule is Cc1noc(C)c1C(C)NCCCCc1ccccc1. The summed E-state index contributed by atoms with van der Waals surface area (Å²) in [5.41, 5.74) is 3.62. The predicted octanol–water partition coefficient (Wildman–Crippen LogP) is 3.96. The van der Waals surface area contributed by atoms with E-state index in [9.17, 15) is 0 Å². The molecule has 0 amide bonds. The molecule has 0 aliphatic rings. The van der Waals surface area contributed by atoms with Crippen molar-refractivity contribution < 1.29 is 4.52 Å². The monoisotopic (exact) mass is 272 g/mol. The van der Waals surface area contributed by atoms with E-state index < -0.39 is 0 Å². The third kappa shape index (κ3) is 3.94. The fourth-order valence-corrected chi connectivity index (χ4v) is 2.63. The molecule has 1 N–H and O–H groups in total. The molecule has 0 radical (unpaired) electrons. The van der Waals surface area contributed by atoms with Crippen molar-refractivity contribution in [2.45, 2.75) is 46.1 Å². The lowest BCUT2D eigenvalue weighted by atomic mass is 10.1. The summed E-state index contributed by atoms with van der Waals surface area (Å²) in [5.74, 6) is 0.923. The van der Waals surface area contributed by atoms with Crippen molar-refractivity contribution in [3.63, 3.8) is 0 Å². The second kappa shape index (κ2) is 7.25. The molecule has 0 bridgehead atoms. The van der Waals surface area contributed by atoms with Crippen LogP contribution in [-0.4, -0.2) is 11.7 Å². The molecule has 108 valence electrons. The molecule has 1 unspecified atom stereocenters. The van der Waals surface area contributed by atoms with Gasteiger partial charge in [-0.15, -0.1) is 0 Å². The van der Waals surface area contributed by atoms with Gasteiger partial charge in [0.15, 0.2) is 0 Å². The number of aryl methyl sites for hydroxylation is 3. The van der Waals surface area contributed by atoms with Gasteiger partial charge in [0, 0.05) is 11.6 Å². The zero-order valence-corrected chi connectivity index (χ0v) is 12.6. The first-order valence-electron chi connectivity index (χ1n) is 7.38. The zero-order valence-electron chi connectivity index (χ0n) is 12.6. The van der Waals surface area contributed by atoms with E-state index in [1.807, 2.05) is 13.8 Å². The fraction of sp³-hybridized carbons (Fsp3) is 0.471. The molecule has 1 aromatic carbocycles. The van der Waals surface area contributed by atoms with Gasteiger partial charge in [0.2, 0.25) is 0 Å². The molecule has 1 heterocycles. The number of hydrogen-bond acceptors (Lipinski definition) is 3. The van der Waals surface area contributed by atoms with Gasteiger partial charge in [-0.05, 0) is 52.1 Å². The average molecular weight is 272 g/mol. The van der Waals surface area contributed by atoms with Crippen LogP contribution in [0.2, 0.25) is 0 Å². The van der Waals surface area contributed by atoms with E-state index in [-0.39, 0.29) is 0 Å². The molecule has 2 rings (SSSR count). The van der Waals surface area contributed by atoms with Gasteiger partial charge in [0.1, 0.15) is 5.76 Å². The minimum absolute atomic E-state index is 0.304. The van der Waals surface area contributed by atoms with Crippen LogP contribution in [0.3, 0.4) is 0 Å². The quantitative estimate of drug-likeness (QED) is 0.775. The molecular formula is C17H24N2O. The van der Waals surface area contributed by atoms with Crippen molar-refractivity contribution in [1.29, 1.82) is 0 Å². The van der Waals surface area contributed by atoms with Crippen LogP contribution in [0.25, 0.3) is 0 Å². The maximum Gasteiger partial charge on any atom is 0.138 e. The predicted molar refractivity (Wildman–Crippen MR) is 81.8 cm³/mol. The Bertz CT molecular complexity index is 500. The van der Waals surface area contributed by atoms with Crippen molar-refractivity contribution in [3.8, 4) is 0 Å². The Balaban J connectivity index is 1.69. The number of hydrogen-bond donors (Lipinski definition) is 1. The highest BCUT2D eigenvalue weighted by Gasteiger charge is 2.15. The standard InChI is InChI=1S/C17H24N2O/c1-13(17-14(2)19-20-15(17)3)18-12-8-7-11-16-9-5-4-6-10-16/h4-6,9-10,13,18H,7-8,11-12H2,1-3H3. The fourth-order valence-electron chi connectivity index (χ4n) is 2.63. The lowest BCUT2D eigenvalue weighted by Crippen LogP contribution is -2.20. The molecule has 2 aromatic rings. The van der Waals surface area contributed by atoms with Crippen molar-refractivity contribution in [1.82, 2.24) is 10.5 Å². The Kier molecular flexibility index (Phi) is 5.36. The number of rotatable bonds is 7. The maximum absolute atomic E-state index is 5.21. The topological polar surface area (TPSA) is 38.1 Å². The lowest BCUT2D eigenvalue weighted by molar-refractivity contribution is 0.390. The number of aromatic nitrogens is 1. The lowest BCUT2D eigenvalue weighted by Gasteiger charge is -2.13. The molecule has 3 nitrogen and oxygen atoms in total. The zero-order chi connectivity index (χ0) is 14.4. The van der Waals surface area contributed by atoms with Crippen LogP contribution < -0.4 is 5.32 Å². The van der Waals surface area contributed by atoms with Crippen molar-refractivity contribution in [2.24, 2.45) is 0 Å². The summed E-state index contributed by atoms with van der Waals surface area (Å²) in [6, 6.07) is 11.0. The minimum Gasteiger partial charge on any atom is -0.361 e. The highest BCUT2D eigenvalue weighted by atomic mass is 16.5. The van der Waals surface area contributed by atoms with E-state index in [0.29, 0.717) is 6.04 Å². The molecule has 20 heavy (non-hydrogen) atoms. The van der Waals surface area contributed by atoms with Crippen molar-refractivity contribution >= 4 is 0 Å². The summed E-state index contributed by atoms with van der Waals surface area (Å²) in [7, 11) is 0. The maximum atomic E-state index is 5.21. The second-order valence-electron chi connectivity index (χ2n) is 5.36. The van der Waals surface area contributed by atoms with Gasteiger partial charge in [-0.3, -0.25) is 0 Å². The van der Waals surface area contributed by atoms with Gasteiger partial charge in [0.05, 0.1) is 5.69 Å². The third-order valence-corrected chi connectivity index (χ3v) is 3.71. The van der Waals surface area contributed by atoms with E-state index >= 15 is 0 Å². The number of unbranched alkanes of at least 4 members (excludes halogenated alkanes) is 1. The van der Waals surface area contributed by atoms with E-state index in [1.165, 1.54) is 24.0 Å². The van der Waals surface area contributed by atoms with E-state index in [2.05, 4.69) is 47.7 Å². The van der Waals surface area contributed by atoms with E-state index in [0.717, 1.165) is 24.4 Å². The molecule has 0 spiro atoms. The molecule has 3 heteroatoms. The van der Waals surface area contributed by atoms with Crippen LogP contribution in [0.15, 0.2) is 34.9 Å². The largest absolute Gasteiger partial charge is 0.361 e. The van der Waals surface area contributed by atoms with Crippen LogP contribution in [-0.2, 0) is 6.42 Å². The average Bonchev–Trinajstić information content (AvgIpc) is 2.79. The van der Waals surface area contributed by atoms with Crippen LogP contribution >= 0.6 is 0 Å². The summed E-state index contributed by atoms with van der Waals surface area (Å²) in [6.07, 6.45) is 3.55. The summed E-state index contributed by atoms with van der Waals surface area (Å²) in [6.45, 7) is 7.17. The molecular weight excluding hydrogens is 248 g/mol. The van der Waals surface area contributed by atoms with Crippen molar-refractivity contribution in [3.05, 3.63) is 52.9 Å². The van der Waals surface area contributed by atoms with Crippen molar-refractivity contribution in [2.75, 3.05) is 6.54 Å². The molecule has 0 fully saturated rings. The Morgan fingerprint density at radius 1 is 1.15 bits per heavy atom. The highest BCUT2D eigenvalue weighted by molar-refractivity contribution is 5.24. The van der Waals surface area contributed by atoms with Gasteiger partial charge in [0.25, 0.3) is 0 Å². The Labute approximate surface area is 121 Å². The highest BCUT2D eigenvalue weighted by Crippen LogP contribution is 2.20. The number of nitrogens with one attached hydrogen (secondary N) is 1. The third-order valence-electron chi connectivity index (χ3n) is 3.71. The summed E-state index contributed by atoms with van der Waals surface area (Å²) in [4.78, 5) is 0. The molecule has 0 aliphatic heterocycles. The van der Waals surface area contributed by atoms with E-state index in [4.69, 9.17) is 4.52 Å². The normalized spacial score (nSPS) is 12.6. The minimum atomic E-state index is 0.304. The molecule has 1 atom stereocenters. The van der Waals surface area contributed by atoms with Gasteiger partial charge >= 0.3 is 0 Å². The molecule has 0 saturated heterocycles.